The predicted molar refractivity (Wildman–Crippen MR) is 78.4 cm³/mol. The Labute approximate surface area is 115 Å². The van der Waals surface area contributed by atoms with Gasteiger partial charge in [-0.05, 0) is 37.8 Å². The molecule has 1 unspecified atom stereocenters. The van der Waals surface area contributed by atoms with E-state index in [1.165, 1.54) is 37.0 Å². The summed E-state index contributed by atoms with van der Waals surface area (Å²) in [6.45, 7) is 2.32. The number of nitrogens with one attached hydrogen (secondary N) is 1. The fourth-order valence-electron chi connectivity index (χ4n) is 3.14. The van der Waals surface area contributed by atoms with Crippen molar-refractivity contribution in [2.75, 3.05) is 14.2 Å². The molecule has 1 aliphatic carbocycles. The lowest BCUT2D eigenvalue weighted by atomic mass is 9.77. The number of hydrogen-bond acceptors (Lipinski definition) is 3. The molecule has 0 aromatic carbocycles. The first-order valence-electron chi connectivity index (χ1n) is 7.08. The molecule has 1 fully saturated rings. The van der Waals surface area contributed by atoms with Crippen LogP contribution in [-0.2, 0) is 0 Å². The van der Waals surface area contributed by atoms with Crippen LogP contribution in [0, 0.1) is 11.8 Å². The third kappa shape index (κ3) is 3.07. The van der Waals surface area contributed by atoms with Gasteiger partial charge in [-0.2, -0.15) is 0 Å². The average molecular weight is 267 g/mol. The Kier molecular flexibility index (Phi) is 5.07. The van der Waals surface area contributed by atoms with Crippen molar-refractivity contribution in [3.8, 4) is 5.75 Å². The number of methoxy groups -OCH3 is 1. The van der Waals surface area contributed by atoms with Gasteiger partial charge < -0.3 is 10.1 Å². The zero-order chi connectivity index (χ0) is 13.0. The van der Waals surface area contributed by atoms with Crippen LogP contribution in [0.15, 0.2) is 11.4 Å². The Balaban J connectivity index is 2.00. The number of rotatable bonds is 5. The Morgan fingerprint density at radius 2 is 2.11 bits per heavy atom. The van der Waals surface area contributed by atoms with E-state index in [0.29, 0.717) is 6.04 Å². The van der Waals surface area contributed by atoms with Crippen LogP contribution in [0.1, 0.15) is 49.9 Å². The van der Waals surface area contributed by atoms with E-state index in [1.807, 2.05) is 11.3 Å². The third-order valence-corrected chi connectivity index (χ3v) is 5.38. The van der Waals surface area contributed by atoms with Crippen molar-refractivity contribution < 1.29 is 4.74 Å². The van der Waals surface area contributed by atoms with E-state index in [-0.39, 0.29) is 0 Å². The normalized spacial score (nSPS) is 25.9. The van der Waals surface area contributed by atoms with Gasteiger partial charge in [0.1, 0.15) is 5.75 Å². The van der Waals surface area contributed by atoms with E-state index in [1.54, 1.807) is 7.11 Å². The second-order valence-corrected chi connectivity index (χ2v) is 6.29. The van der Waals surface area contributed by atoms with E-state index >= 15 is 0 Å². The highest BCUT2D eigenvalue weighted by atomic mass is 32.1. The van der Waals surface area contributed by atoms with Crippen molar-refractivity contribution in [1.82, 2.24) is 5.32 Å². The average Bonchev–Trinajstić information content (AvgIpc) is 2.89. The first kappa shape index (κ1) is 13.9. The van der Waals surface area contributed by atoms with Crippen LogP contribution in [0.25, 0.3) is 0 Å². The fraction of sp³-hybridized carbons (Fsp3) is 0.733. The summed E-state index contributed by atoms with van der Waals surface area (Å²) in [5.74, 6) is 2.76. The van der Waals surface area contributed by atoms with Crippen molar-refractivity contribution in [3.63, 3.8) is 0 Å². The molecule has 0 bridgehead atoms. The fourth-order valence-corrected chi connectivity index (χ4v) is 4.20. The van der Waals surface area contributed by atoms with Crippen LogP contribution >= 0.6 is 11.3 Å². The molecule has 102 valence electrons. The van der Waals surface area contributed by atoms with Crippen LogP contribution in [0.3, 0.4) is 0 Å². The van der Waals surface area contributed by atoms with Gasteiger partial charge in [-0.15, -0.1) is 11.3 Å². The lowest BCUT2D eigenvalue weighted by Crippen LogP contribution is -2.28. The van der Waals surface area contributed by atoms with Crippen molar-refractivity contribution in [1.29, 1.82) is 0 Å². The highest BCUT2D eigenvalue weighted by molar-refractivity contribution is 7.10. The molecule has 2 rings (SSSR count). The first-order chi connectivity index (χ1) is 8.78. The molecule has 0 aliphatic heterocycles. The van der Waals surface area contributed by atoms with Gasteiger partial charge in [0.25, 0.3) is 0 Å². The Hall–Kier alpha value is -0.540. The molecule has 3 heteroatoms. The zero-order valence-corrected chi connectivity index (χ0v) is 12.6. The van der Waals surface area contributed by atoms with Gasteiger partial charge in [-0.25, -0.2) is 0 Å². The van der Waals surface area contributed by atoms with Gasteiger partial charge in [-0.1, -0.05) is 26.2 Å². The van der Waals surface area contributed by atoms with Crippen molar-refractivity contribution in [3.05, 3.63) is 16.3 Å². The van der Waals surface area contributed by atoms with Crippen molar-refractivity contribution in [2.24, 2.45) is 11.8 Å². The van der Waals surface area contributed by atoms with Crippen molar-refractivity contribution in [2.45, 2.75) is 45.1 Å². The lowest BCUT2D eigenvalue weighted by Gasteiger charge is -2.33. The highest BCUT2D eigenvalue weighted by Crippen LogP contribution is 2.40. The summed E-state index contributed by atoms with van der Waals surface area (Å²) in [6, 6.07) is 2.70. The number of thiophene rings is 1. The molecule has 2 nitrogen and oxygen atoms in total. The molecule has 0 saturated heterocycles. The molecule has 1 aromatic rings. The van der Waals surface area contributed by atoms with Crippen LogP contribution in [-0.4, -0.2) is 14.2 Å². The lowest BCUT2D eigenvalue weighted by molar-refractivity contribution is 0.226. The second-order valence-electron chi connectivity index (χ2n) is 5.34. The molecule has 1 aromatic heterocycles. The van der Waals surface area contributed by atoms with Gasteiger partial charge in [0.15, 0.2) is 0 Å². The molecular weight excluding hydrogens is 242 g/mol. The predicted octanol–water partition coefficient (Wildman–Crippen LogP) is 4.23. The summed E-state index contributed by atoms with van der Waals surface area (Å²) in [7, 11) is 3.83. The van der Waals surface area contributed by atoms with Crippen molar-refractivity contribution >= 4 is 11.3 Å². The quantitative estimate of drug-likeness (QED) is 0.862. The Bertz CT molecular complexity index is 355. The first-order valence-corrected chi connectivity index (χ1v) is 7.96. The van der Waals surface area contributed by atoms with Gasteiger partial charge in [0, 0.05) is 16.3 Å². The smallest absolute Gasteiger partial charge is 0.129 e. The maximum Gasteiger partial charge on any atom is 0.129 e. The minimum atomic E-state index is 0.511. The largest absolute Gasteiger partial charge is 0.496 e. The molecule has 1 N–H and O–H groups in total. The second kappa shape index (κ2) is 6.58. The molecule has 0 spiro atoms. The molecule has 0 radical (unpaired) electrons. The van der Waals surface area contributed by atoms with E-state index < -0.39 is 0 Å². The van der Waals surface area contributed by atoms with Crippen LogP contribution in [0.4, 0.5) is 0 Å². The van der Waals surface area contributed by atoms with Crippen LogP contribution < -0.4 is 10.1 Å². The van der Waals surface area contributed by atoms with Gasteiger partial charge >= 0.3 is 0 Å². The Morgan fingerprint density at radius 1 is 1.39 bits per heavy atom. The third-order valence-electron chi connectivity index (χ3n) is 4.39. The van der Waals surface area contributed by atoms with Gasteiger partial charge in [0.2, 0.25) is 0 Å². The van der Waals surface area contributed by atoms with Crippen LogP contribution in [0.2, 0.25) is 0 Å². The molecule has 1 saturated carbocycles. The summed E-state index contributed by atoms with van der Waals surface area (Å²) in [6.07, 6.45) is 6.89. The summed E-state index contributed by atoms with van der Waals surface area (Å²) in [4.78, 5) is 1.43. The van der Waals surface area contributed by atoms with E-state index in [9.17, 15) is 0 Å². The van der Waals surface area contributed by atoms with Gasteiger partial charge in [-0.3, -0.25) is 0 Å². The number of hydrogen-bond donors (Lipinski definition) is 1. The summed E-state index contributed by atoms with van der Waals surface area (Å²) in [5.41, 5.74) is 0. The maximum atomic E-state index is 5.29. The summed E-state index contributed by atoms with van der Waals surface area (Å²) >= 11 is 1.82. The van der Waals surface area contributed by atoms with E-state index in [0.717, 1.165) is 17.6 Å². The highest BCUT2D eigenvalue weighted by Gasteiger charge is 2.28. The van der Waals surface area contributed by atoms with Crippen LogP contribution in [0.5, 0.6) is 5.75 Å². The minimum absolute atomic E-state index is 0.511. The summed E-state index contributed by atoms with van der Waals surface area (Å²) in [5, 5.41) is 5.62. The molecular formula is C15H25NOS. The molecule has 0 amide bonds. The molecule has 1 aliphatic rings. The summed E-state index contributed by atoms with van der Waals surface area (Å²) < 4.78 is 5.29. The molecule has 1 heterocycles. The Morgan fingerprint density at radius 3 is 2.61 bits per heavy atom. The maximum absolute atomic E-state index is 5.29. The molecule has 1 atom stereocenters. The number of ether oxygens (including phenoxy) is 1. The minimum Gasteiger partial charge on any atom is -0.496 e. The SMILES string of the molecule is CCC1CCC(C(NC)c2cc(OC)cs2)CC1. The molecule has 18 heavy (non-hydrogen) atoms. The van der Waals surface area contributed by atoms with E-state index in [4.69, 9.17) is 4.74 Å². The topological polar surface area (TPSA) is 21.3 Å². The zero-order valence-electron chi connectivity index (χ0n) is 11.7. The monoisotopic (exact) mass is 267 g/mol. The van der Waals surface area contributed by atoms with Gasteiger partial charge in [0.05, 0.1) is 7.11 Å². The van der Waals surface area contributed by atoms with E-state index in [2.05, 4.69) is 30.7 Å². The standard InChI is InChI=1S/C15H25NOS/c1-4-11-5-7-12(8-6-11)15(16-2)14-9-13(17-3)10-18-14/h9-12,15-16H,4-8H2,1-3H3.